The molecule has 0 bridgehead atoms. The van der Waals surface area contributed by atoms with E-state index in [2.05, 4.69) is 26.3 Å². The lowest BCUT2D eigenvalue weighted by molar-refractivity contribution is 0.0206. The molecule has 142 valence electrons. The van der Waals surface area contributed by atoms with E-state index in [9.17, 15) is 10.2 Å². The van der Waals surface area contributed by atoms with Crippen LogP contribution < -0.4 is 5.32 Å². The number of aliphatic hydroxyl groups is 2. The largest absolute Gasteiger partial charge is 0.389 e. The summed E-state index contributed by atoms with van der Waals surface area (Å²) in [5.41, 5.74) is 3.41. The molecule has 27 heavy (non-hydrogen) atoms. The van der Waals surface area contributed by atoms with Crippen LogP contribution in [0.5, 0.6) is 0 Å². The maximum atomic E-state index is 10.4. The van der Waals surface area contributed by atoms with Gasteiger partial charge in [-0.2, -0.15) is 9.97 Å². The quantitative estimate of drug-likeness (QED) is 0.574. The van der Waals surface area contributed by atoms with Crippen LogP contribution in [0.4, 0.5) is 5.82 Å². The molecule has 0 aliphatic carbocycles. The highest BCUT2D eigenvalue weighted by molar-refractivity contribution is 8.00. The van der Waals surface area contributed by atoms with Gasteiger partial charge in [0.15, 0.2) is 17.0 Å². The fraction of sp³-hybridized carbons (Fsp3) is 0.389. The molecule has 0 spiro atoms. The number of nitrogens with zero attached hydrogens (tertiary/aromatic N) is 4. The van der Waals surface area contributed by atoms with E-state index in [-0.39, 0.29) is 15.9 Å². The normalized spacial score (nSPS) is 25.2. The van der Waals surface area contributed by atoms with Crippen LogP contribution in [0.15, 0.2) is 30.6 Å². The van der Waals surface area contributed by atoms with Gasteiger partial charge in [0.25, 0.3) is 0 Å². The number of aryl methyl sites for hydroxylation is 1. The van der Waals surface area contributed by atoms with E-state index in [4.69, 9.17) is 11.6 Å². The summed E-state index contributed by atoms with van der Waals surface area (Å²) in [6.07, 6.45) is -0.0902. The van der Waals surface area contributed by atoms with Gasteiger partial charge in [-0.25, -0.2) is 4.98 Å². The second kappa shape index (κ2) is 7.27. The van der Waals surface area contributed by atoms with E-state index in [0.29, 0.717) is 23.5 Å². The monoisotopic (exact) mass is 405 g/mol. The fourth-order valence-electron chi connectivity index (χ4n) is 3.26. The first-order valence-electron chi connectivity index (χ1n) is 8.65. The predicted molar refractivity (Wildman–Crippen MR) is 107 cm³/mol. The Morgan fingerprint density at radius 2 is 2.07 bits per heavy atom. The highest BCUT2D eigenvalue weighted by atomic mass is 35.5. The third-order valence-corrected chi connectivity index (χ3v) is 6.35. The Morgan fingerprint density at radius 3 is 2.78 bits per heavy atom. The van der Waals surface area contributed by atoms with Crippen molar-refractivity contribution in [1.82, 2.24) is 19.5 Å². The van der Waals surface area contributed by atoms with Crippen LogP contribution in [-0.4, -0.2) is 47.2 Å². The minimum Gasteiger partial charge on any atom is -0.389 e. The van der Waals surface area contributed by atoms with Gasteiger partial charge in [-0.3, -0.25) is 4.57 Å². The Bertz CT molecular complexity index is 982. The van der Waals surface area contributed by atoms with Gasteiger partial charge in [0.1, 0.15) is 11.5 Å². The number of nitrogens with one attached hydrogen (secondary N) is 1. The van der Waals surface area contributed by atoms with Crippen molar-refractivity contribution in [1.29, 1.82) is 0 Å². The lowest BCUT2D eigenvalue weighted by Gasteiger charge is -2.17. The van der Waals surface area contributed by atoms with Gasteiger partial charge >= 0.3 is 0 Å². The molecule has 0 amide bonds. The molecule has 4 rings (SSSR count). The van der Waals surface area contributed by atoms with Gasteiger partial charge in [-0.05, 0) is 24.1 Å². The molecule has 4 atom stereocenters. The highest BCUT2D eigenvalue weighted by Crippen LogP contribution is 2.43. The molecule has 1 aliphatic rings. The van der Waals surface area contributed by atoms with Crippen LogP contribution in [0.3, 0.4) is 0 Å². The third kappa shape index (κ3) is 3.50. The molecule has 7 nitrogen and oxygen atoms in total. The van der Waals surface area contributed by atoms with Gasteiger partial charge in [0.2, 0.25) is 5.28 Å². The summed E-state index contributed by atoms with van der Waals surface area (Å²) >= 11 is 7.61. The zero-order valence-corrected chi connectivity index (χ0v) is 16.4. The van der Waals surface area contributed by atoms with Crippen molar-refractivity contribution in [2.45, 2.75) is 43.2 Å². The number of thioether (sulfide) groups is 1. The Balaban J connectivity index is 1.66. The highest BCUT2D eigenvalue weighted by Gasteiger charge is 2.41. The smallest absolute Gasteiger partial charge is 0.226 e. The Hall–Kier alpha value is -1.87. The van der Waals surface area contributed by atoms with Crippen molar-refractivity contribution in [2.24, 2.45) is 0 Å². The van der Waals surface area contributed by atoms with E-state index in [1.165, 1.54) is 17.3 Å². The van der Waals surface area contributed by atoms with Crippen molar-refractivity contribution in [3.8, 4) is 0 Å². The van der Waals surface area contributed by atoms with Crippen molar-refractivity contribution >= 4 is 40.3 Å². The van der Waals surface area contributed by atoms with Gasteiger partial charge in [-0.15, -0.1) is 11.8 Å². The Morgan fingerprint density at radius 1 is 1.26 bits per heavy atom. The number of imidazole rings is 1. The predicted octanol–water partition coefficient (Wildman–Crippen LogP) is 2.76. The standard InChI is InChI=1S/C18H20ClN5O2S/c1-9-4-3-5-11(6-9)7-20-15-12-16(23-18(19)22-15)24(8-21-12)17-14(26)13(25)10(2)27-17/h3-6,8,10,13-14,17,25-26H,7H2,1-2H3,(H,20,22,23). The van der Waals surface area contributed by atoms with Crippen LogP contribution in [0, 0.1) is 6.92 Å². The van der Waals surface area contributed by atoms with Crippen molar-refractivity contribution < 1.29 is 10.2 Å². The average molecular weight is 406 g/mol. The van der Waals surface area contributed by atoms with E-state index >= 15 is 0 Å². The molecule has 1 saturated heterocycles. The minimum absolute atomic E-state index is 0.0846. The summed E-state index contributed by atoms with van der Waals surface area (Å²) in [5.74, 6) is 0.538. The number of hydrogen-bond donors (Lipinski definition) is 3. The first kappa shape index (κ1) is 18.5. The van der Waals surface area contributed by atoms with E-state index < -0.39 is 12.2 Å². The molecular weight excluding hydrogens is 386 g/mol. The van der Waals surface area contributed by atoms with Crippen molar-refractivity contribution in [3.05, 3.63) is 47.0 Å². The Labute approximate surface area is 165 Å². The summed E-state index contributed by atoms with van der Waals surface area (Å²) in [4.78, 5) is 13.0. The van der Waals surface area contributed by atoms with Crippen LogP contribution in [0.25, 0.3) is 11.2 Å². The SMILES string of the molecule is Cc1cccc(CNc2nc(Cl)nc3c2ncn3C2SC(C)C(O)C2O)c1. The Kier molecular flexibility index (Phi) is 4.98. The molecule has 1 fully saturated rings. The maximum Gasteiger partial charge on any atom is 0.226 e. The number of rotatable bonds is 4. The van der Waals surface area contributed by atoms with E-state index in [1.54, 1.807) is 10.9 Å². The summed E-state index contributed by atoms with van der Waals surface area (Å²) in [6, 6.07) is 8.19. The first-order valence-corrected chi connectivity index (χ1v) is 9.97. The lowest BCUT2D eigenvalue weighted by Crippen LogP contribution is -2.30. The molecule has 3 aromatic rings. The molecule has 3 N–H and O–H groups in total. The molecule has 1 aromatic carbocycles. The zero-order chi connectivity index (χ0) is 19.1. The second-order valence-corrected chi connectivity index (χ2v) is 8.56. The van der Waals surface area contributed by atoms with Crippen LogP contribution in [0.2, 0.25) is 5.28 Å². The topological polar surface area (TPSA) is 96.1 Å². The summed E-state index contributed by atoms with van der Waals surface area (Å²) in [5, 5.41) is 23.3. The van der Waals surface area contributed by atoms with E-state index in [1.807, 2.05) is 32.0 Å². The molecule has 1 aliphatic heterocycles. The van der Waals surface area contributed by atoms with Gasteiger partial charge in [0.05, 0.1) is 12.4 Å². The molecule has 0 radical (unpaired) electrons. The lowest BCUT2D eigenvalue weighted by atomic mass is 10.1. The average Bonchev–Trinajstić information content (AvgIpc) is 3.16. The van der Waals surface area contributed by atoms with Gasteiger partial charge in [-0.1, -0.05) is 36.8 Å². The number of hydrogen-bond acceptors (Lipinski definition) is 7. The number of anilines is 1. The van der Waals surface area contributed by atoms with Crippen molar-refractivity contribution in [3.63, 3.8) is 0 Å². The molecule has 3 heterocycles. The minimum atomic E-state index is -0.903. The maximum absolute atomic E-state index is 10.4. The van der Waals surface area contributed by atoms with Gasteiger partial charge in [0, 0.05) is 11.8 Å². The summed E-state index contributed by atoms with van der Waals surface area (Å²) < 4.78 is 1.75. The summed E-state index contributed by atoms with van der Waals surface area (Å²) in [6.45, 7) is 4.51. The molecule has 2 aromatic heterocycles. The third-order valence-electron chi connectivity index (χ3n) is 4.69. The number of halogens is 1. The number of aliphatic hydroxyl groups excluding tert-OH is 2. The summed E-state index contributed by atoms with van der Waals surface area (Å²) in [7, 11) is 0. The molecule has 9 heteroatoms. The van der Waals surface area contributed by atoms with Gasteiger partial charge < -0.3 is 15.5 Å². The number of fused-ring (bicyclic) bond motifs is 1. The molecule has 4 unspecified atom stereocenters. The molecule has 0 saturated carbocycles. The van der Waals surface area contributed by atoms with Crippen LogP contribution in [0.1, 0.15) is 23.4 Å². The number of benzene rings is 1. The van der Waals surface area contributed by atoms with E-state index in [0.717, 1.165) is 5.56 Å². The fourth-order valence-corrected chi connectivity index (χ4v) is 4.80. The number of aromatic nitrogens is 4. The van der Waals surface area contributed by atoms with Crippen molar-refractivity contribution in [2.75, 3.05) is 5.32 Å². The second-order valence-electron chi connectivity index (χ2n) is 6.72. The molecular formula is C18H20ClN5O2S. The van der Waals surface area contributed by atoms with Crippen LogP contribution >= 0.6 is 23.4 Å². The zero-order valence-electron chi connectivity index (χ0n) is 14.9. The first-order chi connectivity index (χ1) is 12.9. The van der Waals surface area contributed by atoms with Crippen LogP contribution in [-0.2, 0) is 6.54 Å².